The third-order valence-corrected chi connectivity index (χ3v) is 4.51. The molecule has 2 atom stereocenters. The standard InChI is InChI=1S/C19H27NO4/c1-19(2,3)15-6-4-5-7-16(15)24-11-10-20-17(21)13-8-9-14(12-13)18(22)23/h4-7,13-14H,8-12H2,1-3H3,(H,20,21)(H,22,23)/t13-,14+/m1/s1. The topological polar surface area (TPSA) is 75.6 Å². The molecule has 0 radical (unpaired) electrons. The number of carboxylic acid groups (broad SMARTS) is 1. The molecule has 24 heavy (non-hydrogen) atoms. The number of ether oxygens (including phenoxy) is 1. The summed E-state index contributed by atoms with van der Waals surface area (Å²) in [6.45, 7) is 7.22. The minimum absolute atomic E-state index is 0.00443. The van der Waals surface area contributed by atoms with Gasteiger partial charge in [-0.05, 0) is 36.3 Å². The van der Waals surface area contributed by atoms with E-state index in [1.807, 2.05) is 18.2 Å². The van der Waals surface area contributed by atoms with Gasteiger partial charge < -0.3 is 15.2 Å². The number of carbonyl (C=O) groups is 2. The molecule has 1 aliphatic rings. The highest BCUT2D eigenvalue weighted by Crippen LogP contribution is 2.32. The molecule has 0 aromatic heterocycles. The first kappa shape index (κ1) is 18.3. The summed E-state index contributed by atoms with van der Waals surface area (Å²) in [5.74, 6) is -0.589. The van der Waals surface area contributed by atoms with E-state index in [0.717, 1.165) is 11.3 Å². The SMILES string of the molecule is CC(C)(C)c1ccccc1OCCNC(=O)[C@@H]1CC[C@H](C(=O)O)C1. The molecule has 0 unspecified atom stereocenters. The van der Waals surface area contributed by atoms with Crippen LogP contribution in [0.1, 0.15) is 45.6 Å². The van der Waals surface area contributed by atoms with Crippen molar-refractivity contribution < 1.29 is 19.4 Å². The third kappa shape index (κ3) is 4.73. The van der Waals surface area contributed by atoms with Gasteiger partial charge in [0.2, 0.25) is 5.91 Å². The summed E-state index contributed by atoms with van der Waals surface area (Å²) in [5, 5.41) is 11.8. The fourth-order valence-electron chi connectivity index (χ4n) is 3.14. The molecule has 1 aliphatic carbocycles. The molecule has 0 heterocycles. The van der Waals surface area contributed by atoms with E-state index in [1.165, 1.54) is 0 Å². The van der Waals surface area contributed by atoms with Crippen LogP contribution in [0, 0.1) is 11.8 Å². The lowest BCUT2D eigenvalue weighted by Gasteiger charge is -2.22. The van der Waals surface area contributed by atoms with E-state index in [2.05, 4.69) is 32.2 Å². The van der Waals surface area contributed by atoms with Gasteiger partial charge in [-0.15, -0.1) is 0 Å². The molecule has 0 aliphatic heterocycles. The Labute approximate surface area is 143 Å². The Bertz CT molecular complexity index is 591. The predicted molar refractivity (Wildman–Crippen MR) is 92.1 cm³/mol. The number of aliphatic carboxylic acids is 1. The molecule has 0 spiro atoms. The molecular formula is C19H27NO4. The van der Waals surface area contributed by atoms with Crippen molar-refractivity contribution in [2.75, 3.05) is 13.2 Å². The Morgan fingerprint density at radius 2 is 1.88 bits per heavy atom. The molecule has 1 saturated carbocycles. The highest BCUT2D eigenvalue weighted by molar-refractivity contribution is 5.80. The minimum Gasteiger partial charge on any atom is -0.491 e. The highest BCUT2D eigenvalue weighted by Gasteiger charge is 2.33. The van der Waals surface area contributed by atoms with E-state index in [9.17, 15) is 9.59 Å². The fourth-order valence-corrected chi connectivity index (χ4v) is 3.14. The van der Waals surface area contributed by atoms with Crippen LogP contribution in [0.15, 0.2) is 24.3 Å². The normalized spacial score (nSPS) is 20.6. The zero-order chi connectivity index (χ0) is 17.7. The number of carbonyl (C=O) groups excluding carboxylic acids is 1. The Morgan fingerprint density at radius 3 is 2.50 bits per heavy atom. The van der Waals surface area contributed by atoms with Gasteiger partial charge in [-0.1, -0.05) is 39.0 Å². The van der Waals surface area contributed by atoms with Crippen LogP contribution in [0.2, 0.25) is 0 Å². The number of carboxylic acids is 1. The lowest BCUT2D eigenvalue weighted by atomic mass is 9.86. The van der Waals surface area contributed by atoms with Crippen molar-refractivity contribution in [2.24, 2.45) is 11.8 Å². The summed E-state index contributed by atoms with van der Waals surface area (Å²) < 4.78 is 5.83. The fraction of sp³-hybridized carbons (Fsp3) is 0.579. The Balaban J connectivity index is 1.78. The van der Waals surface area contributed by atoms with Gasteiger partial charge in [-0.25, -0.2) is 0 Å². The maximum absolute atomic E-state index is 12.1. The molecule has 5 heteroatoms. The maximum Gasteiger partial charge on any atom is 0.306 e. The van der Waals surface area contributed by atoms with Gasteiger partial charge in [0.15, 0.2) is 0 Å². The summed E-state index contributed by atoms with van der Waals surface area (Å²) in [4.78, 5) is 23.0. The second-order valence-electron chi connectivity index (χ2n) is 7.43. The summed E-state index contributed by atoms with van der Waals surface area (Å²) in [7, 11) is 0. The molecule has 0 saturated heterocycles. The largest absolute Gasteiger partial charge is 0.491 e. The summed E-state index contributed by atoms with van der Waals surface area (Å²) in [5.41, 5.74) is 1.13. The van der Waals surface area contributed by atoms with Crippen LogP contribution in [-0.2, 0) is 15.0 Å². The second kappa shape index (κ2) is 7.69. The number of hydrogen-bond donors (Lipinski definition) is 2. The zero-order valence-corrected chi connectivity index (χ0v) is 14.7. The molecule has 2 N–H and O–H groups in total. The molecular weight excluding hydrogens is 306 g/mol. The summed E-state index contributed by atoms with van der Waals surface area (Å²) >= 11 is 0. The van der Waals surface area contributed by atoms with Crippen LogP contribution in [0.5, 0.6) is 5.75 Å². The smallest absolute Gasteiger partial charge is 0.306 e. The van der Waals surface area contributed by atoms with Crippen molar-refractivity contribution in [3.8, 4) is 5.75 Å². The Hall–Kier alpha value is -2.04. The van der Waals surface area contributed by atoms with Crippen molar-refractivity contribution in [1.29, 1.82) is 0 Å². The number of nitrogens with one attached hydrogen (secondary N) is 1. The zero-order valence-electron chi connectivity index (χ0n) is 14.7. The summed E-state index contributed by atoms with van der Waals surface area (Å²) in [6, 6.07) is 7.93. The quantitative estimate of drug-likeness (QED) is 0.785. The molecule has 1 amide bonds. The van der Waals surface area contributed by atoms with Crippen LogP contribution < -0.4 is 10.1 Å². The van der Waals surface area contributed by atoms with Crippen molar-refractivity contribution in [1.82, 2.24) is 5.32 Å². The number of rotatable bonds is 6. The number of para-hydroxylation sites is 1. The van der Waals surface area contributed by atoms with Gasteiger partial charge in [-0.3, -0.25) is 9.59 Å². The van der Waals surface area contributed by atoms with E-state index in [0.29, 0.717) is 32.4 Å². The molecule has 0 bridgehead atoms. The lowest BCUT2D eigenvalue weighted by Crippen LogP contribution is -2.33. The number of benzene rings is 1. The van der Waals surface area contributed by atoms with Crippen molar-refractivity contribution >= 4 is 11.9 Å². The molecule has 2 rings (SSSR count). The van der Waals surface area contributed by atoms with E-state index >= 15 is 0 Å². The van der Waals surface area contributed by atoms with Crippen molar-refractivity contribution in [2.45, 2.75) is 45.4 Å². The van der Waals surface area contributed by atoms with Crippen LogP contribution in [0.4, 0.5) is 0 Å². The number of hydrogen-bond acceptors (Lipinski definition) is 3. The van der Waals surface area contributed by atoms with E-state index in [-0.39, 0.29) is 23.2 Å². The van der Waals surface area contributed by atoms with Gasteiger partial charge in [0, 0.05) is 5.92 Å². The number of amides is 1. The van der Waals surface area contributed by atoms with E-state index < -0.39 is 5.97 Å². The monoisotopic (exact) mass is 333 g/mol. The first-order chi connectivity index (χ1) is 11.3. The van der Waals surface area contributed by atoms with Gasteiger partial charge >= 0.3 is 5.97 Å². The highest BCUT2D eigenvalue weighted by atomic mass is 16.5. The second-order valence-corrected chi connectivity index (χ2v) is 7.43. The van der Waals surface area contributed by atoms with Crippen LogP contribution >= 0.6 is 0 Å². The first-order valence-electron chi connectivity index (χ1n) is 8.52. The maximum atomic E-state index is 12.1. The van der Waals surface area contributed by atoms with Crippen LogP contribution in [-0.4, -0.2) is 30.1 Å². The molecule has 1 aromatic rings. The van der Waals surface area contributed by atoms with Gasteiger partial charge in [0.25, 0.3) is 0 Å². The first-order valence-corrected chi connectivity index (χ1v) is 8.52. The third-order valence-electron chi connectivity index (χ3n) is 4.51. The molecule has 1 fully saturated rings. The summed E-state index contributed by atoms with van der Waals surface area (Å²) in [6.07, 6.45) is 1.67. The van der Waals surface area contributed by atoms with Crippen LogP contribution in [0.25, 0.3) is 0 Å². The Morgan fingerprint density at radius 1 is 1.21 bits per heavy atom. The van der Waals surface area contributed by atoms with Gasteiger partial charge in [-0.2, -0.15) is 0 Å². The molecule has 132 valence electrons. The predicted octanol–water partition coefficient (Wildman–Crippen LogP) is 2.98. The van der Waals surface area contributed by atoms with Crippen molar-refractivity contribution in [3.63, 3.8) is 0 Å². The van der Waals surface area contributed by atoms with Crippen molar-refractivity contribution in [3.05, 3.63) is 29.8 Å². The minimum atomic E-state index is -0.799. The lowest BCUT2D eigenvalue weighted by molar-refractivity contribution is -0.141. The van der Waals surface area contributed by atoms with E-state index in [1.54, 1.807) is 0 Å². The molecule has 1 aromatic carbocycles. The van der Waals surface area contributed by atoms with Gasteiger partial charge in [0.05, 0.1) is 12.5 Å². The average Bonchev–Trinajstić information content (AvgIpc) is 3.01. The van der Waals surface area contributed by atoms with Gasteiger partial charge in [0.1, 0.15) is 12.4 Å². The Kier molecular flexibility index (Phi) is 5.86. The average molecular weight is 333 g/mol. The molecule has 5 nitrogen and oxygen atoms in total. The van der Waals surface area contributed by atoms with Crippen LogP contribution in [0.3, 0.4) is 0 Å². The van der Waals surface area contributed by atoms with E-state index in [4.69, 9.17) is 9.84 Å².